The van der Waals surface area contributed by atoms with Gasteiger partial charge in [-0.05, 0) is 280 Å². The van der Waals surface area contributed by atoms with Crippen LogP contribution in [-0.2, 0) is 23.7 Å². The summed E-state index contributed by atoms with van der Waals surface area (Å²) in [7, 11) is 0. The molecule has 20 rings (SSSR count). The standard InChI is InChI=1S/2C34H34N2O4.C28H22N2O4.C28H22N2O2/c1-33(2,3)19-7-11-21(12-8-19)35-23-15-16-24(36-22-13-9-20(10-14-22)34(4,5)6)28-27(23)31(39)29-25(37)17-18-26(38)30(29)32(28)40;1-3-5-7-21-9-13-23(14-10-21)35-25-17-18-26(36-24-15-11-22(12-16-24)8-6-4-2)30-29(25)33(39)31-27(37)19-20-28(38)32(31)34(30)40;1-15-5-3-7-17(13-15)29-19-9-10-20(30-18-8-4-6-16(2)14-18)24-23(19)27(33)25-21(31)11-12-22(32)26(25)28(24)34;1-17-7-11-19(12-8-17)29-23-15-16-24(30-20-13-9-18(2)10-14-20)26-25(23)27(31)21-5-3-4-6-22(21)28(26)32/h7-18,35-38H,1-6H3;9-20,35-38H,3-8H2,1-2H3;3-14,29-32H,1-2H3;3-16,29-30H,1-2H3. The Balaban J connectivity index is 0.000000134. The number of aryl methyl sites for hydroxylation is 6. The predicted octanol–water partition coefficient (Wildman–Crippen LogP) is 28.5. The van der Waals surface area contributed by atoms with Crippen LogP contribution < -0.4 is 42.5 Å². The van der Waals surface area contributed by atoms with Gasteiger partial charge in [-0.25, -0.2) is 0 Å². The normalized spacial score (nSPS) is 12.4. The maximum absolute atomic E-state index is 13.9. The van der Waals surface area contributed by atoms with Crippen LogP contribution in [0.4, 0.5) is 91.0 Å². The van der Waals surface area contributed by atoms with E-state index < -0.39 is 34.7 Å². The van der Waals surface area contributed by atoms with Crippen LogP contribution in [0.1, 0.15) is 253 Å². The molecular weight excluding hydrogens is 1830 g/mol. The van der Waals surface area contributed by atoms with Crippen molar-refractivity contribution in [1.29, 1.82) is 0 Å². The Labute approximate surface area is 847 Å². The summed E-state index contributed by atoms with van der Waals surface area (Å²) >= 11 is 0. The predicted molar refractivity (Wildman–Crippen MR) is 580 cm³/mol. The molecular formula is C124H112N8O14. The van der Waals surface area contributed by atoms with E-state index in [-0.39, 0.29) is 124 Å². The molecule has 4 aliphatic rings. The highest BCUT2D eigenvalue weighted by Gasteiger charge is 2.43. The van der Waals surface area contributed by atoms with E-state index in [0.29, 0.717) is 67.8 Å². The first-order chi connectivity index (χ1) is 70.0. The van der Waals surface area contributed by atoms with Crippen molar-refractivity contribution in [3.8, 4) is 34.5 Å². The summed E-state index contributed by atoms with van der Waals surface area (Å²) in [5, 5.41) is 89.4. The first-order valence-corrected chi connectivity index (χ1v) is 48.6. The number of fused-ring (bicyclic) bond motifs is 8. The summed E-state index contributed by atoms with van der Waals surface area (Å²) in [6, 6.07) is 91.6. The van der Waals surface area contributed by atoms with Gasteiger partial charge >= 0.3 is 0 Å². The fraction of sp³-hybridized carbons (Fsp3) is 0.161. The van der Waals surface area contributed by atoms with Gasteiger partial charge < -0.3 is 73.2 Å². The van der Waals surface area contributed by atoms with E-state index in [1.807, 2.05) is 210 Å². The zero-order valence-corrected chi connectivity index (χ0v) is 83.1. The van der Waals surface area contributed by atoms with Crippen LogP contribution in [0, 0.1) is 27.7 Å². The average molecular weight is 1940 g/mol. The monoisotopic (exact) mass is 1940 g/mol. The van der Waals surface area contributed by atoms with Gasteiger partial charge in [0.25, 0.3) is 0 Å². The number of rotatable bonds is 22. The molecule has 22 heteroatoms. The van der Waals surface area contributed by atoms with Gasteiger partial charge in [-0.3, -0.25) is 38.4 Å². The number of phenolic OH excluding ortho intramolecular Hbond substituents is 6. The Kier molecular flexibility index (Phi) is 28.5. The first-order valence-electron chi connectivity index (χ1n) is 48.6. The van der Waals surface area contributed by atoms with E-state index in [2.05, 4.69) is 122 Å². The maximum Gasteiger partial charge on any atom is 0.200 e. The van der Waals surface area contributed by atoms with Crippen LogP contribution in [0.5, 0.6) is 34.5 Å². The molecule has 0 aromatic heterocycles. The van der Waals surface area contributed by atoms with Crippen LogP contribution in [-0.4, -0.2) is 76.9 Å². The smallest absolute Gasteiger partial charge is 0.200 e. The summed E-state index contributed by atoms with van der Waals surface area (Å²) in [6.45, 7) is 25.1. The molecule has 0 saturated heterocycles. The lowest BCUT2D eigenvalue weighted by atomic mass is 9.81. The van der Waals surface area contributed by atoms with Gasteiger partial charge in [0.1, 0.15) is 34.5 Å². The van der Waals surface area contributed by atoms with Crippen molar-refractivity contribution in [3.63, 3.8) is 0 Å². The molecule has 0 bridgehead atoms. The fourth-order valence-corrected chi connectivity index (χ4v) is 18.5. The number of unbranched alkanes of at least 4 members (excludes halogenated alkanes) is 2. The van der Waals surface area contributed by atoms with Gasteiger partial charge in [0.2, 0.25) is 34.7 Å². The Hall–Kier alpha value is -17.9. The third kappa shape index (κ3) is 20.8. The summed E-state index contributed by atoms with van der Waals surface area (Å²) in [6.07, 6.45) is 6.47. The van der Waals surface area contributed by atoms with Crippen LogP contribution in [0.25, 0.3) is 0 Å². The summed E-state index contributed by atoms with van der Waals surface area (Å²) in [5.74, 6) is -5.63. The van der Waals surface area contributed by atoms with Crippen molar-refractivity contribution >= 4 is 137 Å². The number of nitrogens with one attached hydrogen (secondary N) is 8. The highest BCUT2D eigenvalue weighted by atomic mass is 16.3. The van der Waals surface area contributed by atoms with Crippen LogP contribution in [0.15, 0.2) is 303 Å². The first kappa shape index (κ1) is 99.6. The molecule has 0 spiro atoms. The minimum Gasteiger partial charge on any atom is -0.507 e. The lowest BCUT2D eigenvalue weighted by Gasteiger charge is -2.25. The molecule has 22 nitrogen and oxygen atoms in total. The summed E-state index contributed by atoms with van der Waals surface area (Å²) in [5.41, 5.74) is 20.6. The molecule has 16 aromatic carbocycles. The quantitative estimate of drug-likeness (QED) is 0.0280. The summed E-state index contributed by atoms with van der Waals surface area (Å²) < 4.78 is 0. The highest BCUT2D eigenvalue weighted by molar-refractivity contribution is 6.37. The SMILES string of the molecule is CC(C)(C)c1ccc(Nc2ccc(Nc3ccc(C(C)(C)C)cc3)c3c2C(=O)c2c(O)ccc(O)c2C3=O)cc1.CCCCc1ccc(Nc2ccc(Nc3ccc(CCCC)cc3)c3c2C(=O)c2c(O)ccc(O)c2C3=O)cc1.Cc1ccc(Nc2ccc(Nc3ccc(C)cc3)c3c2C(=O)c2ccccc2C3=O)cc1.Cc1cccc(Nc2ccc(Nc3cccc(C)c3)c3c2C(=O)c2c(O)ccc(O)c2C3=O)c1. The average Bonchev–Trinajstić information content (AvgIpc) is 0.710. The van der Waals surface area contributed by atoms with E-state index in [4.69, 9.17) is 0 Å². The minimum atomic E-state index is -0.543. The van der Waals surface area contributed by atoms with E-state index in [0.717, 1.165) is 117 Å². The molecule has 0 unspecified atom stereocenters. The Morgan fingerprint density at radius 3 is 0.623 bits per heavy atom. The molecule has 732 valence electrons. The number of carbonyl (C=O) groups is 8. The molecule has 0 amide bonds. The van der Waals surface area contributed by atoms with Crippen molar-refractivity contribution in [2.75, 3.05) is 42.5 Å². The van der Waals surface area contributed by atoms with E-state index in [9.17, 15) is 69.0 Å². The van der Waals surface area contributed by atoms with Crippen molar-refractivity contribution in [1.82, 2.24) is 0 Å². The number of aromatic hydroxyl groups is 6. The van der Waals surface area contributed by atoms with E-state index in [1.54, 1.807) is 60.7 Å². The number of hydrogen-bond acceptors (Lipinski definition) is 22. The molecule has 16 aromatic rings. The van der Waals surface area contributed by atoms with Crippen LogP contribution in [0.3, 0.4) is 0 Å². The lowest BCUT2D eigenvalue weighted by Crippen LogP contribution is -2.24. The molecule has 14 N–H and O–H groups in total. The molecule has 0 heterocycles. The molecule has 0 saturated carbocycles. The third-order valence-corrected chi connectivity index (χ3v) is 26.3. The molecule has 0 atom stereocenters. The second-order valence-corrected chi connectivity index (χ2v) is 39.1. The third-order valence-electron chi connectivity index (χ3n) is 26.3. The largest absolute Gasteiger partial charge is 0.507 e. The van der Waals surface area contributed by atoms with E-state index in [1.165, 1.54) is 47.5 Å². The number of benzene rings is 16. The Morgan fingerprint density at radius 1 is 0.205 bits per heavy atom. The maximum atomic E-state index is 13.9. The fourth-order valence-electron chi connectivity index (χ4n) is 18.5. The number of ketones is 8. The minimum absolute atomic E-state index is 0.0122. The van der Waals surface area contributed by atoms with Crippen molar-refractivity contribution in [3.05, 3.63) is 437 Å². The van der Waals surface area contributed by atoms with Crippen LogP contribution in [0.2, 0.25) is 0 Å². The molecule has 0 fully saturated rings. The topological polar surface area (TPSA) is 354 Å². The number of hydrogen-bond donors (Lipinski definition) is 14. The van der Waals surface area contributed by atoms with Crippen molar-refractivity contribution in [2.45, 2.75) is 132 Å². The van der Waals surface area contributed by atoms with Gasteiger partial charge in [-0.1, -0.05) is 201 Å². The second kappa shape index (κ2) is 41.7. The summed E-state index contributed by atoms with van der Waals surface area (Å²) in [4.78, 5) is 110. The van der Waals surface area contributed by atoms with E-state index >= 15 is 0 Å². The van der Waals surface area contributed by atoms with Gasteiger partial charge in [0, 0.05) is 56.6 Å². The zero-order valence-electron chi connectivity index (χ0n) is 83.1. The van der Waals surface area contributed by atoms with Gasteiger partial charge in [0.15, 0.2) is 11.6 Å². The zero-order chi connectivity index (χ0) is 103. The molecule has 146 heavy (non-hydrogen) atoms. The number of phenols is 6. The number of anilines is 16. The van der Waals surface area contributed by atoms with Crippen LogP contribution >= 0.6 is 0 Å². The molecule has 0 radical (unpaired) electrons. The van der Waals surface area contributed by atoms with Gasteiger partial charge in [0.05, 0.1) is 123 Å². The second-order valence-electron chi connectivity index (χ2n) is 39.1. The Bertz CT molecular complexity index is 7440. The number of carbonyl (C=O) groups excluding carboxylic acids is 8. The molecule has 4 aliphatic carbocycles. The highest BCUT2D eigenvalue weighted by Crippen LogP contribution is 2.50. The van der Waals surface area contributed by atoms with Crippen molar-refractivity contribution < 1.29 is 69.0 Å². The lowest BCUT2D eigenvalue weighted by molar-refractivity contribution is 0.0975. The van der Waals surface area contributed by atoms with Gasteiger partial charge in [-0.15, -0.1) is 0 Å². The molecule has 0 aliphatic heterocycles. The van der Waals surface area contributed by atoms with Gasteiger partial charge in [-0.2, -0.15) is 0 Å². The Morgan fingerprint density at radius 2 is 0.411 bits per heavy atom. The van der Waals surface area contributed by atoms with Crippen molar-refractivity contribution in [2.24, 2.45) is 0 Å².